The second-order valence-electron chi connectivity index (χ2n) is 2.77. The molecule has 0 aliphatic rings. The van der Waals surface area contributed by atoms with Crippen LogP contribution in [0.4, 0.5) is 5.69 Å². The Balaban J connectivity index is 0.000000921. The van der Waals surface area contributed by atoms with Crippen molar-refractivity contribution in [3.63, 3.8) is 0 Å². The third kappa shape index (κ3) is 5.40. The van der Waals surface area contributed by atoms with E-state index in [1.807, 2.05) is 49.1 Å². The number of anilines is 1. The topological polar surface area (TPSA) is 43.7 Å². The molecule has 1 aromatic carbocycles. The molecule has 3 nitrogen and oxygen atoms in total. The number of nitrogens with zero attached hydrogens (tertiary/aromatic N) is 1. The first-order valence-corrected chi connectivity index (χ1v) is 5.40. The minimum atomic E-state index is 0.106. The second-order valence-corrected chi connectivity index (χ2v) is 2.77. The fraction of sp³-hybridized carbons (Fsp3) is 0.500. The van der Waals surface area contributed by atoms with Gasteiger partial charge in [-0.25, -0.2) is 0 Å². The van der Waals surface area contributed by atoms with Gasteiger partial charge in [0.15, 0.2) is 0 Å². The lowest BCUT2D eigenvalue weighted by Gasteiger charge is -2.22. The molecule has 0 amide bonds. The van der Waals surface area contributed by atoms with Crippen molar-refractivity contribution in [1.29, 1.82) is 0 Å². The monoisotopic (exact) mass is 211 g/mol. The standard InChI is InChI=1S/C10H15NO2.C2H6/c12-8-6-11(7-9-13)10-4-2-1-3-5-10;1-2/h1-5,12-13H,6-9H2;1-2H3. The van der Waals surface area contributed by atoms with Crippen molar-refractivity contribution in [2.45, 2.75) is 13.8 Å². The van der Waals surface area contributed by atoms with Gasteiger partial charge in [0.1, 0.15) is 0 Å². The minimum absolute atomic E-state index is 0.106. The van der Waals surface area contributed by atoms with E-state index < -0.39 is 0 Å². The summed E-state index contributed by atoms with van der Waals surface area (Å²) >= 11 is 0. The number of aliphatic hydroxyl groups excluding tert-OH is 2. The van der Waals surface area contributed by atoms with Crippen molar-refractivity contribution in [2.24, 2.45) is 0 Å². The van der Waals surface area contributed by atoms with Gasteiger partial charge in [-0.05, 0) is 12.1 Å². The molecule has 0 heterocycles. The zero-order valence-electron chi connectivity index (χ0n) is 9.56. The molecule has 0 spiro atoms. The Labute approximate surface area is 92.0 Å². The molecule has 0 fully saturated rings. The van der Waals surface area contributed by atoms with Crippen molar-refractivity contribution in [3.8, 4) is 0 Å². The SMILES string of the molecule is CC.OCCN(CCO)c1ccccc1. The molecule has 0 atom stereocenters. The quantitative estimate of drug-likeness (QED) is 0.775. The van der Waals surface area contributed by atoms with Crippen LogP contribution in [0.2, 0.25) is 0 Å². The third-order valence-electron chi connectivity index (χ3n) is 1.86. The van der Waals surface area contributed by atoms with Gasteiger partial charge in [0.25, 0.3) is 0 Å². The summed E-state index contributed by atoms with van der Waals surface area (Å²) < 4.78 is 0. The highest BCUT2D eigenvalue weighted by atomic mass is 16.3. The first-order valence-electron chi connectivity index (χ1n) is 5.40. The van der Waals surface area contributed by atoms with Crippen LogP contribution in [0.1, 0.15) is 13.8 Å². The highest BCUT2D eigenvalue weighted by Gasteiger charge is 2.02. The molecule has 3 heteroatoms. The van der Waals surface area contributed by atoms with Crippen LogP contribution >= 0.6 is 0 Å². The van der Waals surface area contributed by atoms with Gasteiger partial charge in [-0.3, -0.25) is 0 Å². The Morgan fingerprint density at radius 2 is 1.40 bits per heavy atom. The summed E-state index contributed by atoms with van der Waals surface area (Å²) in [6.45, 7) is 5.33. The predicted molar refractivity (Wildman–Crippen MR) is 64.2 cm³/mol. The Kier molecular flexibility index (Phi) is 8.82. The van der Waals surface area contributed by atoms with Crippen LogP contribution < -0.4 is 4.90 Å². The van der Waals surface area contributed by atoms with E-state index in [2.05, 4.69) is 0 Å². The molecule has 2 N–H and O–H groups in total. The fourth-order valence-electron chi connectivity index (χ4n) is 1.25. The summed E-state index contributed by atoms with van der Waals surface area (Å²) in [6.07, 6.45) is 0. The molecule has 0 saturated carbocycles. The van der Waals surface area contributed by atoms with Crippen LogP contribution in [-0.2, 0) is 0 Å². The van der Waals surface area contributed by atoms with Crippen LogP contribution in [0.5, 0.6) is 0 Å². The van der Waals surface area contributed by atoms with Crippen molar-refractivity contribution in [1.82, 2.24) is 0 Å². The highest BCUT2D eigenvalue weighted by molar-refractivity contribution is 5.45. The van der Waals surface area contributed by atoms with Gasteiger partial charge < -0.3 is 15.1 Å². The molecule has 0 aliphatic carbocycles. The van der Waals surface area contributed by atoms with Gasteiger partial charge in [-0.1, -0.05) is 32.0 Å². The summed E-state index contributed by atoms with van der Waals surface area (Å²) in [7, 11) is 0. The normalized spacial score (nSPS) is 9.07. The predicted octanol–water partition coefficient (Wildman–Crippen LogP) is 1.50. The van der Waals surface area contributed by atoms with E-state index in [0.29, 0.717) is 13.1 Å². The molecule has 0 radical (unpaired) electrons. The third-order valence-corrected chi connectivity index (χ3v) is 1.86. The van der Waals surface area contributed by atoms with Crippen LogP contribution in [0, 0.1) is 0 Å². The van der Waals surface area contributed by atoms with Crippen LogP contribution in [0.25, 0.3) is 0 Å². The molecular formula is C12H21NO2. The molecule has 0 aliphatic heterocycles. The first kappa shape index (κ1) is 13.9. The maximum Gasteiger partial charge on any atom is 0.0606 e. The maximum atomic E-state index is 8.80. The van der Waals surface area contributed by atoms with Gasteiger partial charge >= 0.3 is 0 Å². The van der Waals surface area contributed by atoms with Gasteiger partial charge in [-0.15, -0.1) is 0 Å². The molecule has 1 rings (SSSR count). The van der Waals surface area contributed by atoms with Gasteiger partial charge in [0.2, 0.25) is 0 Å². The van der Waals surface area contributed by atoms with E-state index in [1.165, 1.54) is 0 Å². The molecule has 1 aromatic rings. The Bertz CT molecular complexity index is 220. The fourth-order valence-corrected chi connectivity index (χ4v) is 1.25. The number of hydrogen-bond donors (Lipinski definition) is 2. The van der Waals surface area contributed by atoms with Crippen molar-refractivity contribution < 1.29 is 10.2 Å². The summed E-state index contributed by atoms with van der Waals surface area (Å²) in [6, 6.07) is 9.75. The molecule has 0 aromatic heterocycles. The molecule has 15 heavy (non-hydrogen) atoms. The zero-order valence-corrected chi connectivity index (χ0v) is 9.56. The number of para-hydroxylation sites is 1. The molecule has 0 bridgehead atoms. The smallest absolute Gasteiger partial charge is 0.0606 e. The molecule has 86 valence electrons. The summed E-state index contributed by atoms with van der Waals surface area (Å²) in [4.78, 5) is 1.94. The average Bonchev–Trinajstić information content (AvgIpc) is 2.33. The Morgan fingerprint density at radius 1 is 0.933 bits per heavy atom. The van der Waals surface area contributed by atoms with E-state index in [-0.39, 0.29) is 13.2 Å². The Morgan fingerprint density at radius 3 is 1.80 bits per heavy atom. The summed E-state index contributed by atoms with van der Waals surface area (Å²) in [5.41, 5.74) is 1.03. The van der Waals surface area contributed by atoms with Crippen LogP contribution in [-0.4, -0.2) is 36.5 Å². The Hall–Kier alpha value is -1.06. The van der Waals surface area contributed by atoms with Crippen LogP contribution in [0.15, 0.2) is 30.3 Å². The van der Waals surface area contributed by atoms with E-state index in [0.717, 1.165) is 5.69 Å². The van der Waals surface area contributed by atoms with Gasteiger partial charge in [-0.2, -0.15) is 0 Å². The summed E-state index contributed by atoms with van der Waals surface area (Å²) in [5.74, 6) is 0. The van der Waals surface area contributed by atoms with E-state index >= 15 is 0 Å². The van der Waals surface area contributed by atoms with Crippen molar-refractivity contribution >= 4 is 5.69 Å². The number of benzene rings is 1. The van der Waals surface area contributed by atoms with E-state index in [9.17, 15) is 0 Å². The lowest BCUT2D eigenvalue weighted by Crippen LogP contribution is -2.29. The largest absolute Gasteiger partial charge is 0.395 e. The number of hydrogen-bond acceptors (Lipinski definition) is 3. The maximum absolute atomic E-state index is 8.80. The number of rotatable bonds is 5. The molecule has 0 saturated heterocycles. The second kappa shape index (κ2) is 9.49. The van der Waals surface area contributed by atoms with Gasteiger partial charge in [0, 0.05) is 18.8 Å². The first-order chi connectivity index (χ1) is 7.38. The highest BCUT2D eigenvalue weighted by Crippen LogP contribution is 2.11. The van der Waals surface area contributed by atoms with Gasteiger partial charge in [0.05, 0.1) is 13.2 Å². The lowest BCUT2D eigenvalue weighted by molar-refractivity contribution is 0.281. The number of aliphatic hydroxyl groups is 2. The van der Waals surface area contributed by atoms with E-state index in [4.69, 9.17) is 10.2 Å². The summed E-state index contributed by atoms with van der Waals surface area (Å²) in [5, 5.41) is 17.6. The zero-order chi connectivity index (χ0) is 11.5. The lowest BCUT2D eigenvalue weighted by atomic mass is 10.3. The van der Waals surface area contributed by atoms with E-state index in [1.54, 1.807) is 0 Å². The molecule has 0 unspecified atom stereocenters. The van der Waals surface area contributed by atoms with Crippen molar-refractivity contribution in [3.05, 3.63) is 30.3 Å². The minimum Gasteiger partial charge on any atom is -0.395 e. The van der Waals surface area contributed by atoms with Crippen LogP contribution in [0.3, 0.4) is 0 Å². The van der Waals surface area contributed by atoms with Crippen molar-refractivity contribution in [2.75, 3.05) is 31.2 Å². The average molecular weight is 211 g/mol. The molecular weight excluding hydrogens is 190 g/mol.